The predicted molar refractivity (Wildman–Crippen MR) is 128 cm³/mol. The van der Waals surface area contributed by atoms with E-state index in [-0.39, 0.29) is 17.4 Å². The first-order valence-corrected chi connectivity index (χ1v) is 11.7. The van der Waals surface area contributed by atoms with Crippen LogP contribution in [0.2, 0.25) is 0 Å². The van der Waals surface area contributed by atoms with E-state index in [4.69, 9.17) is 4.74 Å². The Bertz CT molecular complexity index is 876. The second-order valence-electron chi connectivity index (χ2n) is 9.81. The molecule has 2 aliphatic rings. The fraction of sp³-hybridized carbons (Fsp3) is 0.538. The maximum atomic E-state index is 12.8. The number of likely N-dealkylation sites (N-methyl/N-ethyl adjacent to an activating group) is 1. The van der Waals surface area contributed by atoms with Crippen LogP contribution in [0.5, 0.6) is 0 Å². The molecule has 32 heavy (non-hydrogen) atoms. The Morgan fingerprint density at radius 1 is 1.12 bits per heavy atom. The highest BCUT2D eigenvalue weighted by Gasteiger charge is 2.43. The Hall–Kier alpha value is -2.44. The van der Waals surface area contributed by atoms with E-state index < -0.39 is 0 Å². The zero-order valence-corrected chi connectivity index (χ0v) is 19.7. The number of benzene rings is 1. The molecule has 2 aromatic rings. The molecule has 6 nitrogen and oxygen atoms in total. The molecular weight excluding hydrogens is 400 g/mol. The number of pyridine rings is 1. The summed E-state index contributed by atoms with van der Waals surface area (Å²) in [5.41, 5.74) is 3.71. The van der Waals surface area contributed by atoms with Gasteiger partial charge in [0.1, 0.15) is 0 Å². The van der Waals surface area contributed by atoms with Gasteiger partial charge in [-0.1, -0.05) is 18.2 Å². The molecule has 3 heterocycles. The maximum Gasteiger partial charge on any atom is 0.226 e. The van der Waals surface area contributed by atoms with Crippen molar-refractivity contribution in [2.45, 2.75) is 38.3 Å². The van der Waals surface area contributed by atoms with Crippen molar-refractivity contribution in [3.63, 3.8) is 0 Å². The predicted octanol–water partition coefficient (Wildman–Crippen LogP) is 3.22. The Morgan fingerprint density at radius 2 is 1.88 bits per heavy atom. The molecule has 172 valence electrons. The summed E-state index contributed by atoms with van der Waals surface area (Å²) in [6, 6.07) is 12.4. The van der Waals surface area contributed by atoms with E-state index in [2.05, 4.69) is 52.2 Å². The quantitative estimate of drug-likeness (QED) is 0.667. The Kier molecular flexibility index (Phi) is 7.11. The molecule has 2 fully saturated rings. The van der Waals surface area contributed by atoms with Crippen molar-refractivity contribution in [3.05, 3.63) is 59.9 Å². The average Bonchev–Trinajstić information content (AvgIpc) is 3.16. The first-order chi connectivity index (χ1) is 15.4. The van der Waals surface area contributed by atoms with Gasteiger partial charge < -0.3 is 14.5 Å². The zero-order chi connectivity index (χ0) is 22.6. The maximum absolute atomic E-state index is 12.8. The van der Waals surface area contributed by atoms with E-state index in [0.717, 1.165) is 63.3 Å². The lowest BCUT2D eigenvalue weighted by Gasteiger charge is -2.38. The third-order valence-electron chi connectivity index (χ3n) is 6.96. The highest BCUT2D eigenvalue weighted by molar-refractivity contribution is 5.79. The fourth-order valence-electron chi connectivity index (χ4n) is 5.01. The lowest BCUT2D eigenvalue weighted by atomic mass is 9.76. The fourth-order valence-corrected chi connectivity index (χ4v) is 5.01. The minimum Gasteiger partial charge on any atom is -0.378 e. The van der Waals surface area contributed by atoms with E-state index in [0.29, 0.717) is 6.42 Å². The highest BCUT2D eigenvalue weighted by Crippen LogP contribution is 2.42. The number of anilines is 1. The number of amides is 1. The number of likely N-dealkylation sites (tertiary alicyclic amines) is 1. The van der Waals surface area contributed by atoms with Crippen LogP contribution in [0, 0.1) is 5.41 Å². The summed E-state index contributed by atoms with van der Waals surface area (Å²) in [4.78, 5) is 23.5. The van der Waals surface area contributed by atoms with Crippen LogP contribution in [0.1, 0.15) is 30.4 Å². The van der Waals surface area contributed by atoms with Crippen LogP contribution in [-0.4, -0.2) is 74.2 Å². The second-order valence-corrected chi connectivity index (χ2v) is 9.81. The van der Waals surface area contributed by atoms with Gasteiger partial charge in [-0.15, -0.1) is 0 Å². The molecule has 0 radical (unpaired) electrons. The van der Waals surface area contributed by atoms with Gasteiger partial charge in [0.15, 0.2) is 0 Å². The summed E-state index contributed by atoms with van der Waals surface area (Å²) in [6.07, 6.45) is 7.68. The van der Waals surface area contributed by atoms with Gasteiger partial charge in [0.2, 0.25) is 5.91 Å². The first kappa shape index (κ1) is 22.7. The second kappa shape index (κ2) is 10.0. The van der Waals surface area contributed by atoms with Crippen LogP contribution in [0.25, 0.3) is 0 Å². The van der Waals surface area contributed by atoms with Gasteiger partial charge in [-0.25, -0.2) is 0 Å². The molecule has 0 unspecified atom stereocenters. The molecule has 1 spiro atoms. The summed E-state index contributed by atoms with van der Waals surface area (Å²) in [5.74, 6) is 0.240. The van der Waals surface area contributed by atoms with Crippen molar-refractivity contribution in [2.75, 3.05) is 52.3 Å². The molecule has 0 aliphatic carbocycles. The van der Waals surface area contributed by atoms with Gasteiger partial charge in [-0.3, -0.25) is 14.7 Å². The summed E-state index contributed by atoms with van der Waals surface area (Å²) >= 11 is 0. The van der Waals surface area contributed by atoms with Crippen LogP contribution in [0.3, 0.4) is 0 Å². The number of rotatable bonds is 7. The number of carbonyl (C=O) groups excluding carboxylic acids is 1. The molecular formula is C26H36N4O2. The van der Waals surface area contributed by atoms with Crippen LogP contribution in [0.4, 0.5) is 5.69 Å². The van der Waals surface area contributed by atoms with Crippen molar-refractivity contribution >= 4 is 11.6 Å². The molecule has 1 aromatic carbocycles. The Balaban J connectivity index is 1.23. The first-order valence-electron chi connectivity index (χ1n) is 11.7. The van der Waals surface area contributed by atoms with Crippen molar-refractivity contribution in [2.24, 2.45) is 5.41 Å². The van der Waals surface area contributed by atoms with Gasteiger partial charge in [-0.2, -0.15) is 0 Å². The van der Waals surface area contributed by atoms with Crippen molar-refractivity contribution in [3.8, 4) is 0 Å². The number of hydrogen-bond acceptors (Lipinski definition) is 5. The van der Waals surface area contributed by atoms with Crippen molar-refractivity contribution in [1.82, 2.24) is 14.8 Å². The molecule has 6 heteroatoms. The van der Waals surface area contributed by atoms with Crippen LogP contribution >= 0.6 is 0 Å². The Morgan fingerprint density at radius 3 is 2.53 bits per heavy atom. The summed E-state index contributed by atoms with van der Waals surface area (Å²) in [5, 5.41) is 0. The topological polar surface area (TPSA) is 48.9 Å². The highest BCUT2D eigenvalue weighted by atomic mass is 16.5. The monoisotopic (exact) mass is 436 g/mol. The van der Waals surface area contributed by atoms with E-state index in [1.54, 1.807) is 0 Å². The lowest BCUT2D eigenvalue weighted by Crippen LogP contribution is -2.44. The van der Waals surface area contributed by atoms with E-state index in [9.17, 15) is 4.79 Å². The molecule has 1 amide bonds. The lowest BCUT2D eigenvalue weighted by molar-refractivity contribution is -0.132. The smallest absolute Gasteiger partial charge is 0.226 e. The number of carbonyl (C=O) groups is 1. The molecule has 2 aliphatic heterocycles. The summed E-state index contributed by atoms with van der Waals surface area (Å²) in [7, 11) is 6.20. The molecule has 2 saturated heterocycles. The zero-order valence-electron chi connectivity index (χ0n) is 19.7. The Labute approximate surface area is 192 Å². The van der Waals surface area contributed by atoms with E-state index in [1.165, 1.54) is 5.56 Å². The third-order valence-corrected chi connectivity index (χ3v) is 6.96. The van der Waals surface area contributed by atoms with Crippen LogP contribution < -0.4 is 4.90 Å². The molecule has 0 N–H and O–H groups in total. The molecule has 1 atom stereocenters. The molecule has 4 rings (SSSR count). The minimum absolute atomic E-state index is 0.240. The van der Waals surface area contributed by atoms with Gasteiger partial charge in [0.25, 0.3) is 0 Å². The number of hydrogen-bond donors (Lipinski definition) is 0. The summed E-state index contributed by atoms with van der Waals surface area (Å²) in [6.45, 7) is 4.33. The number of piperidine rings is 1. The largest absolute Gasteiger partial charge is 0.378 e. The molecule has 0 bridgehead atoms. The number of nitrogens with zero attached hydrogens (tertiary/aromatic N) is 4. The molecule has 1 aromatic heterocycles. The van der Waals surface area contributed by atoms with Gasteiger partial charge >= 0.3 is 0 Å². The normalized spacial score (nSPS) is 20.1. The average molecular weight is 437 g/mol. The molecule has 0 saturated carbocycles. The van der Waals surface area contributed by atoms with E-state index >= 15 is 0 Å². The summed E-state index contributed by atoms with van der Waals surface area (Å²) < 4.78 is 6.21. The van der Waals surface area contributed by atoms with Crippen molar-refractivity contribution in [1.29, 1.82) is 0 Å². The van der Waals surface area contributed by atoms with E-state index in [1.807, 2.05) is 37.5 Å². The van der Waals surface area contributed by atoms with Gasteiger partial charge in [0, 0.05) is 58.4 Å². The number of aromatic nitrogens is 1. The van der Waals surface area contributed by atoms with Gasteiger partial charge in [-0.05, 0) is 61.1 Å². The SMILES string of the molecule is CN(Cc1cccnc1)C[C@H]1CC2(CCN(C(=O)Cc3ccc(N(C)C)cc3)CC2)CO1. The van der Waals surface area contributed by atoms with Gasteiger partial charge in [0.05, 0.1) is 19.1 Å². The van der Waals surface area contributed by atoms with Crippen LogP contribution in [-0.2, 0) is 22.5 Å². The third kappa shape index (κ3) is 5.67. The van der Waals surface area contributed by atoms with Crippen molar-refractivity contribution < 1.29 is 9.53 Å². The minimum atomic E-state index is 0.240. The standard InChI is InChI=1S/C26H36N4O2/c1-28(2)23-8-6-21(7-9-23)15-25(31)30-13-10-26(11-14-30)16-24(32-20-26)19-29(3)18-22-5-4-12-27-17-22/h4-9,12,17,24H,10-11,13-16,18-20H2,1-3H3/t24-/m1/s1. The number of ether oxygens (including phenoxy) is 1. The van der Waals surface area contributed by atoms with Crippen LogP contribution in [0.15, 0.2) is 48.8 Å².